The Balaban J connectivity index is 1.92. The number of carbonyl (C=O) groups excluding carboxylic acids is 3. The molecule has 1 aromatic heterocycles. The quantitative estimate of drug-likeness (QED) is 0.428. The molecule has 2 amide bonds. The number of anilines is 1. The van der Waals surface area contributed by atoms with Crippen molar-refractivity contribution in [1.82, 2.24) is 5.32 Å². The molecule has 0 aliphatic rings. The average molecular weight is 499 g/mol. The highest BCUT2D eigenvalue weighted by atomic mass is 32.1. The number of hydrogen-bond donors (Lipinski definition) is 2. The van der Waals surface area contributed by atoms with Crippen LogP contribution >= 0.6 is 11.3 Å². The Bertz CT molecular complexity index is 1210. The van der Waals surface area contributed by atoms with Gasteiger partial charge in [-0.25, -0.2) is 4.79 Å². The van der Waals surface area contributed by atoms with E-state index in [1.54, 1.807) is 6.92 Å². The molecule has 0 saturated heterocycles. The van der Waals surface area contributed by atoms with Gasteiger partial charge in [-0.05, 0) is 30.2 Å². The molecule has 0 aliphatic heterocycles. The number of carbonyl (C=O) groups is 3. The molecule has 1 heterocycles. The summed E-state index contributed by atoms with van der Waals surface area (Å²) in [6.07, 6.45) is 0. The minimum atomic E-state index is -0.666. The number of hydrogen-bond acceptors (Lipinski definition) is 8. The molecule has 0 atom stereocenters. The first-order chi connectivity index (χ1) is 16.8. The summed E-state index contributed by atoms with van der Waals surface area (Å²) in [5.74, 6) is -0.629. The summed E-state index contributed by atoms with van der Waals surface area (Å²) in [6, 6.07) is 12.4. The van der Waals surface area contributed by atoms with Crippen molar-refractivity contribution in [1.29, 1.82) is 0 Å². The number of benzene rings is 2. The zero-order valence-corrected chi connectivity index (χ0v) is 20.8. The van der Waals surface area contributed by atoms with Gasteiger partial charge in [0.1, 0.15) is 5.00 Å². The highest BCUT2D eigenvalue weighted by Crippen LogP contribution is 2.39. The Morgan fingerprint density at radius 2 is 1.51 bits per heavy atom. The van der Waals surface area contributed by atoms with Crippen LogP contribution in [0.5, 0.6) is 17.2 Å². The van der Waals surface area contributed by atoms with Gasteiger partial charge in [0.2, 0.25) is 5.75 Å². The highest BCUT2D eigenvalue weighted by Gasteiger charge is 2.27. The van der Waals surface area contributed by atoms with Gasteiger partial charge >= 0.3 is 5.97 Å². The number of rotatable bonds is 9. The van der Waals surface area contributed by atoms with E-state index in [4.69, 9.17) is 18.9 Å². The van der Waals surface area contributed by atoms with Crippen molar-refractivity contribution in [2.24, 2.45) is 0 Å². The lowest BCUT2D eigenvalue weighted by Crippen LogP contribution is -2.22. The third-order valence-corrected chi connectivity index (χ3v) is 6.40. The average Bonchev–Trinajstić information content (AvgIpc) is 3.21. The zero-order chi connectivity index (χ0) is 25.5. The van der Waals surface area contributed by atoms with Crippen LogP contribution in [0.2, 0.25) is 0 Å². The minimum Gasteiger partial charge on any atom is -0.493 e. The maximum absolute atomic E-state index is 13.1. The van der Waals surface area contributed by atoms with E-state index < -0.39 is 11.9 Å². The Labute approximate surface area is 207 Å². The number of methoxy groups -OCH3 is 4. The first-order valence-electron chi connectivity index (χ1n) is 10.5. The van der Waals surface area contributed by atoms with Gasteiger partial charge in [0.05, 0.1) is 38.9 Å². The van der Waals surface area contributed by atoms with Crippen molar-refractivity contribution in [3.05, 3.63) is 69.6 Å². The van der Waals surface area contributed by atoms with Gasteiger partial charge in [-0.15, -0.1) is 11.3 Å². The van der Waals surface area contributed by atoms with Crippen LogP contribution in [-0.4, -0.2) is 46.2 Å². The zero-order valence-electron chi connectivity index (χ0n) is 20.0. The molecule has 0 radical (unpaired) electrons. The van der Waals surface area contributed by atoms with Crippen LogP contribution < -0.4 is 24.8 Å². The van der Waals surface area contributed by atoms with Gasteiger partial charge in [-0.1, -0.05) is 30.3 Å². The molecule has 0 spiro atoms. The van der Waals surface area contributed by atoms with Gasteiger partial charge in [-0.3, -0.25) is 9.59 Å². The molecule has 10 heteroatoms. The molecule has 184 valence electrons. The number of nitrogens with one attached hydrogen (secondary N) is 2. The third-order valence-electron chi connectivity index (χ3n) is 5.19. The highest BCUT2D eigenvalue weighted by molar-refractivity contribution is 7.18. The summed E-state index contributed by atoms with van der Waals surface area (Å²) in [7, 11) is 5.58. The molecule has 2 aromatic carbocycles. The van der Waals surface area contributed by atoms with Crippen molar-refractivity contribution in [2.75, 3.05) is 33.8 Å². The maximum Gasteiger partial charge on any atom is 0.341 e. The smallest absolute Gasteiger partial charge is 0.341 e. The van der Waals surface area contributed by atoms with Crippen LogP contribution in [-0.2, 0) is 11.3 Å². The summed E-state index contributed by atoms with van der Waals surface area (Å²) in [5, 5.41) is 5.75. The summed E-state index contributed by atoms with van der Waals surface area (Å²) < 4.78 is 20.8. The molecule has 0 aliphatic carbocycles. The topological polar surface area (TPSA) is 112 Å². The largest absolute Gasteiger partial charge is 0.493 e. The third kappa shape index (κ3) is 5.55. The van der Waals surface area contributed by atoms with Crippen molar-refractivity contribution in [3.63, 3.8) is 0 Å². The van der Waals surface area contributed by atoms with Crippen LogP contribution in [0.1, 0.15) is 41.5 Å². The second-order valence-corrected chi connectivity index (χ2v) is 8.31. The molecule has 3 aromatic rings. The maximum atomic E-state index is 13.1. The molecule has 35 heavy (non-hydrogen) atoms. The Kier molecular flexibility index (Phi) is 8.32. The van der Waals surface area contributed by atoms with E-state index in [1.165, 1.54) is 40.6 Å². The Morgan fingerprint density at radius 3 is 2.06 bits per heavy atom. The standard InChI is InChI=1S/C25H26N2O7S/c1-14-19(25(30)34-5)24(35-21(14)23(29)26-13-15-9-7-6-8-10-15)27-22(28)16-11-17(31-2)20(33-4)18(12-16)32-3/h6-12H,13H2,1-5H3,(H,26,29)(H,27,28). The number of amides is 2. The lowest BCUT2D eigenvalue weighted by atomic mass is 10.1. The number of esters is 1. The number of thiophene rings is 1. The normalized spacial score (nSPS) is 10.3. The fourth-order valence-electron chi connectivity index (χ4n) is 3.41. The molecule has 3 rings (SSSR count). The van der Waals surface area contributed by atoms with Gasteiger partial charge < -0.3 is 29.6 Å². The van der Waals surface area contributed by atoms with Gasteiger partial charge in [0, 0.05) is 12.1 Å². The fraction of sp³-hybridized carbons (Fsp3) is 0.240. The van der Waals surface area contributed by atoms with Crippen LogP contribution in [0.25, 0.3) is 0 Å². The molecular weight excluding hydrogens is 472 g/mol. The fourth-order valence-corrected chi connectivity index (χ4v) is 4.52. The van der Waals surface area contributed by atoms with E-state index >= 15 is 0 Å². The molecular formula is C25H26N2O7S. The van der Waals surface area contributed by atoms with Gasteiger partial charge in [-0.2, -0.15) is 0 Å². The minimum absolute atomic E-state index is 0.114. The van der Waals surface area contributed by atoms with E-state index in [-0.39, 0.29) is 22.0 Å². The molecule has 0 fully saturated rings. The summed E-state index contributed by atoms with van der Waals surface area (Å²) >= 11 is 0.992. The Hall–Kier alpha value is -4.05. The Morgan fingerprint density at radius 1 is 0.886 bits per heavy atom. The van der Waals surface area contributed by atoms with E-state index in [0.717, 1.165) is 16.9 Å². The van der Waals surface area contributed by atoms with Gasteiger partial charge in [0.25, 0.3) is 11.8 Å². The SMILES string of the molecule is COC(=O)c1c(NC(=O)c2cc(OC)c(OC)c(OC)c2)sc(C(=O)NCc2ccccc2)c1C. The van der Waals surface area contributed by atoms with Crippen LogP contribution in [0, 0.1) is 6.92 Å². The van der Waals surface area contributed by atoms with E-state index in [0.29, 0.717) is 34.2 Å². The predicted octanol–water partition coefficient (Wildman–Crippen LogP) is 4.05. The second kappa shape index (κ2) is 11.4. The summed E-state index contributed by atoms with van der Waals surface area (Å²) in [4.78, 5) is 38.8. The van der Waals surface area contributed by atoms with E-state index in [1.807, 2.05) is 30.3 Å². The second-order valence-electron chi connectivity index (χ2n) is 7.29. The van der Waals surface area contributed by atoms with Crippen molar-refractivity contribution in [3.8, 4) is 17.2 Å². The van der Waals surface area contributed by atoms with E-state index in [2.05, 4.69) is 10.6 Å². The van der Waals surface area contributed by atoms with E-state index in [9.17, 15) is 14.4 Å². The molecule has 9 nitrogen and oxygen atoms in total. The van der Waals surface area contributed by atoms with Crippen molar-refractivity contribution < 1.29 is 33.3 Å². The first kappa shape index (κ1) is 25.6. The van der Waals surface area contributed by atoms with Crippen molar-refractivity contribution in [2.45, 2.75) is 13.5 Å². The molecule has 0 saturated carbocycles. The monoisotopic (exact) mass is 498 g/mol. The molecule has 0 unspecified atom stereocenters. The lowest BCUT2D eigenvalue weighted by molar-refractivity contribution is 0.0601. The predicted molar refractivity (Wildman–Crippen MR) is 132 cm³/mol. The number of ether oxygens (including phenoxy) is 4. The van der Waals surface area contributed by atoms with Crippen molar-refractivity contribution >= 4 is 34.1 Å². The first-order valence-corrected chi connectivity index (χ1v) is 11.3. The van der Waals surface area contributed by atoms with Crippen LogP contribution in [0.15, 0.2) is 42.5 Å². The van der Waals surface area contributed by atoms with Crippen LogP contribution in [0.3, 0.4) is 0 Å². The summed E-state index contributed by atoms with van der Waals surface area (Å²) in [6.45, 7) is 1.95. The van der Waals surface area contributed by atoms with Crippen LogP contribution in [0.4, 0.5) is 5.00 Å². The lowest BCUT2D eigenvalue weighted by Gasteiger charge is -2.14. The van der Waals surface area contributed by atoms with Gasteiger partial charge in [0.15, 0.2) is 11.5 Å². The molecule has 2 N–H and O–H groups in total. The molecule has 0 bridgehead atoms. The summed E-state index contributed by atoms with van der Waals surface area (Å²) in [5.41, 5.74) is 1.66.